The molecule has 3 aromatic carbocycles. The molecular weight excluding hydrogens is 628 g/mol. The third-order valence-corrected chi connectivity index (χ3v) is 10.0. The number of carbonyl (C=O) groups excluding carboxylic acids is 1. The second kappa shape index (κ2) is 14.4. The van der Waals surface area contributed by atoms with Crippen molar-refractivity contribution < 1.29 is 19.0 Å². The smallest absolute Gasteiger partial charge is 0.410 e. The van der Waals surface area contributed by atoms with E-state index in [9.17, 15) is 4.79 Å². The molecule has 0 bridgehead atoms. The number of likely N-dealkylation sites (tertiary alicyclic amines) is 1. The minimum absolute atomic E-state index is 0.155. The highest BCUT2D eigenvalue weighted by molar-refractivity contribution is 6.35. The highest BCUT2D eigenvalue weighted by Gasteiger charge is 2.37. The zero-order chi connectivity index (χ0) is 33.0. The minimum Gasteiger partial charge on any atom is -0.462 e. The molecule has 1 aromatic heterocycles. The Morgan fingerprint density at radius 1 is 1.04 bits per heavy atom. The number of fused-ring (bicyclic) bond motifs is 2. The number of hydrogen-bond donors (Lipinski definition) is 0. The van der Waals surface area contributed by atoms with Crippen LogP contribution in [0.3, 0.4) is 0 Å². The molecule has 3 atom stereocenters. The first-order chi connectivity index (χ1) is 23.5. The van der Waals surface area contributed by atoms with E-state index in [-0.39, 0.29) is 25.3 Å². The number of aromatic nitrogens is 2. The van der Waals surface area contributed by atoms with Crippen LogP contribution in [0.15, 0.2) is 66.7 Å². The predicted molar refractivity (Wildman–Crippen MR) is 184 cm³/mol. The van der Waals surface area contributed by atoms with Gasteiger partial charge in [-0.3, -0.25) is 4.90 Å². The summed E-state index contributed by atoms with van der Waals surface area (Å²) >= 11 is 6.70. The average Bonchev–Trinajstić information content (AvgIpc) is 3.53. The second-order valence-corrected chi connectivity index (χ2v) is 13.1. The summed E-state index contributed by atoms with van der Waals surface area (Å²) in [7, 11) is 2.12. The standard InChI is InChI=1S/C37H39ClN6O4/c1-39-20-28-21-43(17-18-44(28)37(45)48-22-25-9-4-3-5-10-25)35-30-24-46-33(29-14-6-11-26-12-7-15-31(38)34(26)29)19-32(30)40-36(41-35)47-23-27-13-8-16-42(27)2/h3-7,9-12,14-15,27-28,33H,8,13,16-24H2,2H3/t27-,28-,33?/m0/s1. The third kappa shape index (κ3) is 6.76. The van der Waals surface area contributed by atoms with Gasteiger partial charge >= 0.3 is 12.1 Å². The molecule has 7 rings (SSSR count). The SMILES string of the molecule is [C-]#[N+]C[C@H]1CN(c2nc(OC[C@@H]3CCCN3C)nc3c2COC(c2cccc4cccc(Cl)c24)C3)CCN1C(=O)OCc1ccccc1. The molecule has 0 aliphatic carbocycles. The molecule has 0 saturated carbocycles. The van der Waals surface area contributed by atoms with Gasteiger partial charge in [0.05, 0.1) is 18.4 Å². The Kier molecular flexibility index (Phi) is 9.61. The van der Waals surface area contributed by atoms with E-state index >= 15 is 0 Å². The molecule has 3 aliphatic rings. The lowest BCUT2D eigenvalue weighted by atomic mass is 9.94. The minimum atomic E-state index is -0.415. The zero-order valence-electron chi connectivity index (χ0n) is 27.1. The van der Waals surface area contributed by atoms with Crippen molar-refractivity contribution in [2.24, 2.45) is 0 Å². The molecule has 248 valence electrons. The Morgan fingerprint density at radius 3 is 2.67 bits per heavy atom. The average molecular weight is 667 g/mol. The molecule has 1 unspecified atom stereocenters. The van der Waals surface area contributed by atoms with E-state index in [0.29, 0.717) is 56.3 Å². The first-order valence-corrected chi connectivity index (χ1v) is 16.9. The summed E-state index contributed by atoms with van der Waals surface area (Å²) in [5.41, 5.74) is 3.73. The number of carbonyl (C=O) groups is 1. The fraction of sp³-hybridized carbons (Fsp3) is 0.405. The number of piperazine rings is 1. The van der Waals surface area contributed by atoms with Crippen molar-refractivity contribution >= 4 is 34.3 Å². The molecule has 48 heavy (non-hydrogen) atoms. The number of likely N-dealkylation sites (N-methyl/N-ethyl adjacent to an activating group) is 1. The molecule has 2 saturated heterocycles. The third-order valence-electron chi connectivity index (χ3n) is 9.69. The number of rotatable bonds is 8. The van der Waals surface area contributed by atoms with E-state index < -0.39 is 6.09 Å². The first-order valence-electron chi connectivity index (χ1n) is 16.6. The van der Waals surface area contributed by atoms with E-state index in [1.165, 1.54) is 0 Å². The molecule has 3 aliphatic heterocycles. The Balaban J connectivity index is 1.16. The summed E-state index contributed by atoms with van der Waals surface area (Å²) in [5.74, 6) is 0.733. The maximum atomic E-state index is 13.2. The van der Waals surface area contributed by atoms with Crippen molar-refractivity contribution in [1.29, 1.82) is 0 Å². The number of benzene rings is 3. The maximum absolute atomic E-state index is 13.2. The number of anilines is 1. The number of amides is 1. The molecule has 0 N–H and O–H groups in total. The molecule has 11 heteroatoms. The molecule has 4 heterocycles. The zero-order valence-corrected chi connectivity index (χ0v) is 27.8. The largest absolute Gasteiger partial charge is 0.462 e. The topological polar surface area (TPSA) is 84.6 Å². The Hall–Kier alpha value is -4.43. The van der Waals surface area contributed by atoms with Crippen LogP contribution in [0.4, 0.5) is 10.6 Å². The van der Waals surface area contributed by atoms with Crippen molar-refractivity contribution in [3.8, 4) is 6.01 Å². The van der Waals surface area contributed by atoms with Gasteiger partial charge in [0.15, 0.2) is 0 Å². The summed E-state index contributed by atoms with van der Waals surface area (Å²) in [5, 5.41) is 2.74. The molecule has 0 radical (unpaired) electrons. The van der Waals surface area contributed by atoms with Crippen molar-refractivity contribution in [1.82, 2.24) is 19.8 Å². The fourth-order valence-electron chi connectivity index (χ4n) is 7.06. The lowest BCUT2D eigenvalue weighted by Gasteiger charge is -2.40. The van der Waals surface area contributed by atoms with Crippen LogP contribution in [0, 0.1) is 6.57 Å². The quantitative estimate of drug-likeness (QED) is 0.202. The van der Waals surface area contributed by atoms with Gasteiger partial charge in [-0.25, -0.2) is 11.4 Å². The summed E-state index contributed by atoms with van der Waals surface area (Å²) in [4.78, 5) is 32.9. The highest BCUT2D eigenvalue weighted by Crippen LogP contribution is 2.39. The lowest BCUT2D eigenvalue weighted by molar-refractivity contribution is 0.0263. The maximum Gasteiger partial charge on any atom is 0.410 e. The molecule has 10 nitrogen and oxygen atoms in total. The van der Waals surface area contributed by atoms with Gasteiger partial charge in [-0.1, -0.05) is 72.3 Å². The van der Waals surface area contributed by atoms with Crippen molar-refractivity contribution in [3.63, 3.8) is 0 Å². The van der Waals surface area contributed by atoms with Gasteiger partial charge in [-0.05, 0) is 49.0 Å². The van der Waals surface area contributed by atoms with Crippen LogP contribution in [-0.4, -0.2) is 84.3 Å². The van der Waals surface area contributed by atoms with Gasteiger partial charge in [0.2, 0.25) is 6.54 Å². The Morgan fingerprint density at radius 2 is 1.88 bits per heavy atom. The van der Waals surface area contributed by atoms with Gasteiger partial charge in [0, 0.05) is 48.1 Å². The van der Waals surface area contributed by atoms with E-state index in [1.54, 1.807) is 4.90 Å². The fourth-order valence-corrected chi connectivity index (χ4v) is 7.35. The summed E-state index contributed by atoms with van der Waals surface area (Å²) in [6, 6.07) is 22.0. The molecular formula is C37H39ClN6O4. The second-order valence-electron chi connectivity index (χ2n) is 12.7. The Labute approximate surface area is 286 Å². The van der Waals surface area contributed by atoms with Crippen LogP contribution in [0.2, 0.25) is 5.02 Å². The summed E-state index contributed by atoms with van der Waals surface area (Å²) in [6.07, 6.45) is 2.09. The molecule has 0 spiro atoms. The van der Waals surface area contributed by atoms with Gasteiger partial charge in [0.25, 0.3) is 0 Å². The van der Waals surface area contributed by atoms with Gasteiger partial charge in [-0.15, -0.1) is 0 Å². The molecule has 2 fully saturated rings. The van der Waals surface area contributed by atoms with Crippen molar-refractivity contribution in [2.75, 3.05) is 51.3 Å². The normalized spacial score (nSPS) is 21.1. The number of hydrogen-bond acceptors (Lipinski definition) is 8. The van der Waals surface area contributed by atoms with Crippen LogP contribution < -0.4 is 9.64 Å². The lowest BCUT2D eigenvalue weighted by Crippen LogP contribution is -2.57. The van der Waals surface area contributed by atoms with Crippen LogP contribution in [0.25, 0.3) is 15.6 Å². The van der Waals surface area contributed by atoms with E-state index in [4.69, 9.17) is 42.4 Å². The molecule has 1 amide bonds. The number of halogens is 1. The number of ether oxygens (including phenoxy) is 3. The molecule has 4 aromatic rings. The Bertz CT molecular complexity index is 1810. The highest BCUT2D eigenvalue weighted by atomic mass is 35.5. The number of nitrogens with zero attached hydrogens (tertiary/aromatic N) is 6. The van der Waals surface area contributed by atoms with E-state index in [1.807, 2.05) is 48.5 Å². The van der Waals surface area contributed by atoms with Gasteiger partial charge in [-0.2, -0.15) is 9.97 Å². The first kappa shape index (κ1) is 32.1. The van der Waals surface area contributed by atoms with Crippen LogP contribution in [0.1, 0.15) is 41.3 Å². The van der Waals surface area contributed by atoms with E-state index in [0.717, 1.165) is 58.4 Å². The summed E-state index contributed by atoms with van der Waals surface area (Å²) in [6.45, 7) is 11.2. The van der Waals surface area contributed by atoms with Crippen LogP contribution in [-0.2, 0) is 29.1 Å². The van der Waals surface area contributed by atoms with Gasteiger partial charge < -0.3 is 28.9 Å². The van der Waals surface area contributed by atoms with Crippen molar-refractivity contribution in [3.05, 3.63) is 106 Å². The monoisotopic (exact) mass is 666 g/mol. The van der Waals surface area contributed by atoms with Crippen LogP contribution in [0.5, 0.6) is 6.01 Å². The van der Waals surface area contributed by atoms with Crippen LogP contribution >= 0.6 is 11.6 Å². The van der Waals surface area contributed by atoms with Crippen molar-refractivity contribution in [2.45, 2.75) is 50.7 Å². The van der Waals surface area contributed by atoms with E-state index in [2.05, 4.69) is 39.9 Å². The predicted octanol–water partition coefficient (Wildman–Crippen LogP) is 6.32. The summed E-state index contributed by atoms with van der Waals surface area (Å²) < 4.78 is 18.5. The van der Waals surface area contributed by atoms with Gasteiger partial charge in [0.1, 0.15) is 25.1 Å².